The number of nitrogens with zero attached hydrogens (tertiary/aromatic N) is 1. The highest BCUT2D eigenvalue weighted by atomic mass is 32.1. The lowest BCUT2D eigenvalue weighted by Crippen LogP contribution is -2.20. The molecular weight excluding hydrogens is 307 g/mol. The van der Waals surface area contributed by atoms with Gasteiger partial charge in [-0.3, -0.25) is 9.36 Å². The minimum absolute atomic E-state index is 0.204. The maximum atomic E-state index is 13.4. The summed E-state index contributed by atoms with van der Waals surface area (Å²) in [4.78, 5) is 16.6. The van der Waals surface area contributed by atoms with Gasteiger partial charge in [0.05, 0.1) is 11.1 Å². The van der Waals surface area contributed by atoms with E-state index in [-0.39, 0.29) is 16.2 Å². The number of thiophene rings is 1. The van der Waals surface area contributed by atoms with Crippen LogP contribution in [0.5, 0.6) is 0 Å². The summed E-state index contributed by atoms with van der Waals surface area (Å²) < 4.78 is 15.0. The molecule has 21 heavy (non-hydrogen) atoms. The lowest BCUT2D eigenvalue weighted by Gasteiger charge is -2.08. The number of aromatic amines is 1. The van der Waals surface area contributed by atoms with E-state index in [4.69, 9.17) is 12.2 Å². The Morgan fingerprint density at radius 3 is 2.81 bits per heavy atom. The lowest BCUT2D eigenvalue weighted by atomic mass is 10.0. The van der Waals surface area contributed by atoms with Crippen molar-refractivity contribution in [2.75, 3.05) is 0 Å². The molecule has 3 nitrogen and oxygen atoms in total. The Kier molecular flexibility index (Phi) is 3.51. The predicted octanol–water partition coefficient (Wildman–Crippen LogP) is 4.37. The van der Waals surface area contributed by atoms with Crippen LogP contribution in [0.2, 0.25) is 0 Å². The van der Waals surface area contributed by atoms with Gasteiger partial charge < -0.3 is 4.98 Å². The van der Waals surface area contributed by atoms with Crippen LogP contribution < -0.4 is 5.56 Å². The van der Waals surface area contributed by atoms with E-state index in [1.54, 1.807) is 12.1 Å². The number of H-pyrrole nitrogens is 1. The van der Waals surface area contributed by atoms with Gasteiger partial charge in [-0.2, -0.15) is 0 Å². The van der Waals surface area contributed by atoms with Crippen LogP contribution in [0.1, 0.15) is 25.3 Å². The molecule has 0 spiro atoms. The number of nitrogens with one attached hydrogen (secondary N) is 1. The van der Waals surface area contributed by atoms with Gasteiger partial charge in [0.25, 0.3) is 5.56 Å². The maximum absolute atomic E-state index is 13.4. The van der Waals surface area contributed by atoms with E-state index in [1.807, 2.05) is 19.2 Å². The van der Waals surface area contributed by atoms with Crippen molar-refractivity contribution in [2.45, 2.75) is 19.8 Å². The first-order valence-electron chi connectivity index (χ1n) is 6.51. The molecule has 0 saturated heterocycles. The van der Waals surface area contributed by atoms with Crippen molar-refractivity contribution < 1.29 is 4.39 Å². The molecule has 2 heterocycles. The summed E-state index contributed by atoms with van der Waals surface area (Å²) in [6.07, 6.45) is 0. The van der Waals surface area contributed by atoms with E-state index >= 15 is 0 Å². The summed E-state index contributed by atoms with van der Waals surface area (Å²) in [5.74, 6) is -0.167. The molecule has 0 aliphatic rings. The number of hydrogen-bond donors (Lipinski definition) is 1. The molecule has 0 unspecified atom stereocenters. The molecule has 0 fully saturated rings. The largest absolute Gasteiger partial charge is 0.323 e. The van der Waals surface area contributed by atoms with Crippen LogP contribution in [0.25, 0.3) is 15.9 Å². The Bertz CT molecular complexity index is 937. The van der Waals surface area contributed by atoms with Gasteiger partial charge in [-0.25, -0.2) is 4.39 Å². The van der Waals surface area contributed by atoms with Gasteiger partial charge in [-0.15, -0.1) is 11.3 Å². The highest BCUT2D eigenvalue weighted by molar-refractivity contribution is 7.71. The van der Waals surface area contributed by atoms with Crippen LogP contribution in [0.4, 0.5) is 4.39 Å². The van der Waals surface area contributed by atoms with Crippen molar-refractivity contribution in [1.29, 1.82) is 0 Å². The second kappa shape index (κ2) is 5.20. The summed E-state index contributed by atoms with van der Waals surface area (Å²) >= 11 is 6.73. The smallest absolute Gasteiger partial charge is 0.267 e. The first-order chi connectivity index (χ1) is 9.99. The lowest BCUT2D eigenvalue weighted by molar-refractivity contribution is 0.626. The van der Waals surface area contributed by atoms with E-state index in [0.29, 0.717) is 11.1 Å². The SMILES string of the molecule is CC(C)c1csc2[nH]c(=S)n(-c3cccc(F)c3)c(=O)c12. The molecule has 6 heteroatoms. The molecule has 2 aromatic heterocycles. The summed E-state index contributed by atoms with van der Waals surface area (Å²) in [5, 5.41) is 2.60. The van der Waals surface area contributed by atoms with Crippen molar-refractivity contribution in [3.05, 3.63) is 56.2 Å². The summed E-state index contributed by atoms with van der Waals surface area (Å²) in [6, 6.07) is 5.87. The molecule has 1 aromatic carbocycles. The van der Waals surface area contributed by atoms with Gasteiger partial charge in [0.2, 0.25) is 0 Å². The van der Waals surface area contributed by atoms with E-state index in [2.05, 4.69) is 4.98 Å². The normalized spacial score (nSPS) is 11.4. The van der Waals surface area contributed by atoms with Gasteiger partial charge >= 0.3 is 0 Å². The van der Waals surface area contributed by atoms with Crippen molar-refractivity contribution in [2.24, 2.45) is 0 Å². The molecule has 1 N–H and O–H groups in total. The molecular formula is C15H13FN2OS2. The Morgan fingerprint density at radius 2 is 2.14 bits per heavy atom. The standard InChI is InChI=1S/C15H13FN2OS2/c1-8(2)11-7-21-13-12(11)14(19)18(15(20)17-13)10-5-3-4-9(16)6-10/h3-8H,1-2H3,(H,17,20). The van der Waals surface area contributed by atoms with Crippen LogP contribution in [0.3, 0.4) is 0 Å². The highest BCUT2D eigenvalue weighted by Gasteiger charge is 2.15. The second-order valence-corrected chi connectivity index (χ2v) is 6.37. The van der Waals surface area contributed by atoms with Crippen LogP contribution in [0, 0.1) is 10.6 Å². The van der Waals surface area contributed by atoms with Crippen molar-refractivity contribution >= 4 is 33.8 Å². The zero-order valence-electron chi connectivity index (χ0n) is 11.5. The summed E-state index contributed by atoms with van der Waals surface area (Å²) in [7, 11) is 0. The predicted molar refractivity (Wildman–Crippen MR) is 86.7 cm³/mol. The van der Waals surface area contributed by atoms with Gasteiger partial charge in [0.15, 0.2) is 4.77 Å². The summed E-state index contributed by atoms with van der Waals surface area (Å²) in [6.45, 7) is 4.07. The van der Waals surface area contributed by atoms with Crippen molar-refractivity contribution in [3.63, 3.8) is 0 Å². The Hall–Kier alpha value is -1.79. The fraction of sp³-hybridized carbons (Fsp3) is 0.200. The number of fused-ring (bicyclic) bond motifs is 1. The third-order valence-electron chi connectivity index (χ3n) is 3.35. The third kappa shape index (κ3) is 2.34. The average Bonchev–Trinajstić information content (AvgIpc) is 2.82. The average molecular weight is 320 g/mol. The van der Waals surface area contributed by atoms with Crippen LogP contribution >= 0.6 is 23.6 Å². The van der Waals surface area contributed by atoms with E-state index in [1.165, 1.54) is 28.0 Å². The zero-order valence-corrected chi connectivity index (χ0v) is 13.1. The fourth-order valence-corrected chi connectivity index (χ4v) is 3.78. The number of aromatic nitrogens is 2. The third-order valence-corrected chi connectivity index (χ3v) is 4.55. The molecule has 0 atom stereocenters. The number of halogens is 1. The molecule has 0 radical (unpaired) electrons. The van der Waals surface area contributed by atoms with Gasteiger partial charge in [0.1, 0.15) is 10.6 Å². The quantitative estimate of drug-likeness (QED) is 0.712. The number of benzene rings is 1. The number of hydrogen-bond acceptors (Lipinski definition) is 3. The van der Waals surface area contributed by atoms with Gasteiger partial charge in [-0.05, 0) is 47.3 Å². The van der Waals surface area contributed by atoms with Crippen molar-refractivity contribution in [3.8, 4) is 5.69 Å². The molecule has 0 aliphatic carbocycles. The molecule has 0 amide bonds. The highest BCUT2D eigenvalue weighted by Crippen LogP contribution is 2.27. The maximum Gasteiger partial charge on any atom is 0.267 e. The Morgan fingerprint density at radius 1 is 1.38 bits per heavy atom. The van der Waals surface area contributed by atoms with Crippen LogP contribution in [0.15, 0.2) is 34.4 Å². The van der Waals surface area contributed by atoms with Gasteiger partial charge in [-0.1, -0.05) is 19.9 Å². The molecule has 0 aliphatic heterocycles. The molecule has 108 valence electrons. The van der Waals surface area contributed by atoms with E-state index in [0.717, 1.165) is 10.4 Å². The van der Waals surface area contributed by atoms with Gasteiger partial charge in [0, 0.05) is 0 Å². The van der Waals surface area contributed by atoms with E-state index in [9.17, 15) is 9.18 Å². The first kappa shape index (κ1) is 14.2. The van der Waals surface area contributed by atoms with Crippen LogP contribution in [-0.2, 0) is 0 Å². The first-order valence-corrected chi connectivity index (χ1v) is 7.80. The summed E-state index contributed by atoms with van der Waals surface area (Å²) in [5.41, 5.74) is 1.21. The van der Waals surface area contributed by atoms with Crippen LogP contribution in [-0.4, -0.2) is 9.55 Å². The molecule has 3 aromatic rings. The number of rotatable bonds is 2. The molecule has 0 saturated carbocycles. The Balaban J connectivity index is 2.41. The fourth-order valence-electron chi connectivity index (χ4n) is 2.32. The topological polar surface area (TPSA) is 37.8 Å². The minimum atomic E-state index is -0.400. The second-order valence-electron chi connectivity index (χ2n) is 5.10. The van der Waals surface area contributed by atoms with E-state index < -0.39 is 5.82 Å². The van der Waals surface area contributed by atoms with Crippen molar-refractivity contribution in [1.82, 2.24) is 9.55 Å². The Labute approximate surface area is 129 Å². The molecule has 0 bridgehead atoms. The minimum Gasteiger partial charge on any atom is -0.323 e. The molecule has 3 rings (SSSR count). The zero-order chi connectivity index (χ0) is 15.1. The monoisotopic (exact) mass is 320 g/mol.